The van der Waals surface area contributed by atoms with Crippen LogP contribution in [0, 0.1) is 5.92 Å². The Labute approximate surface area is 133 Å². The summed E-state index contributed by atoms with van der Waals surface area (Å²) in [7, 11) is 0. The molecule has 1 aromatic heterocycles. The zero-order valence-electron chi connectivity index (χ0n) is 13.5. The third kappa shape index (κ3) is 3.27. The molecule has 4 heteroatoms. The number of anilines is 1. The fraction of sp³-hybridized carbons (Fsp3) is 0.778. The highest BCUT2D eigenvalue weighted by molar-refractivity contribution is 5.41. The van der Waals surface area contributed by atoms with Gasteiger partial charge in [-0.25, -0.2) is 9.97 Å². The lowest BCUT2D eigenvalue weighted by Crippen LogP contribution is -2.47. The SMILES string of the molecule is c1cc(N(C2CC2)C2CCN(CC3CCCC3)CC2)ncn1. The largest absolute Gasteiger partial charge is 0.350 e. The standard InChI is InChI=1S/C18H28N4/c1-2-4-15(3-1)13-21-11-8-17(9-12-21)22(16-5-6-16)18-7-10-19-14-20-18/h7,10,14-17H,1-6,8-9,11-13H2. The maximum Gasteiger partial charge on any atom is 0.132 e. The normalized spacial score (nSPS) is 24.7. The molecule has 1 aliphatic heterocycles. The van der Waals surface area contributed by atoms with E-state index < -0.39 is 0 Å². The minimum Gasteiger partial charge on any atom is -0.350 e. The first-order valence-corrected chi connectivity index (χ1v) is 9.17. The van der Waals surface area contributed by atoms with Gasteiger partial charge in [-0.15, -0.1) is 0 Å². The summed E-state index contributed by atoms with van der Waals surface area (Å²) in [6.45, 7) is 3.90. The van der Waals surface area contributed by atoms with Crippen molar-refractivity contribution in [3.8, 4) is 0 Å². The van der Waals surface area contributed by atoms with E-state index in [0.29, 0.717) is 6.04 Å². The van der Waals surface area contributed by atoms with Gasteiger partial charge in [-0.05, 0) is 50.5 Å². The highest BCUT2D eigenvalue weighted by atomic mass is 15.3. The van der Waals surface area contributed by atoms with Gasteiger partial charge >= 0.3 is 0 Å². The Morgan fingerprint density at radius 2 is 1.73 bits per heavy atom. The first-order valence-electron chi connectivity index (χ1n) is 9.17. The zero-order chi connectivity index (χ0) is 14.8. The minimum absolute atomic E-state index is 0.683. The molecule has 3 fully saturated rings. The van der Waals surface area contributed by atoms with Crippen LogP contribution in [0.25, 0.3) is 0 Å². The smallest absolute Gasteiger partial charge is 0.132 e. The zero-order valence-corrected chi connectivity index (χ0v) is 13.5. The van der Waals surface area contributed by atoms with E-state index in [-0.39, 0.29) is 0 Å². The lowest BCUT2D eigenvalue weighted by atomic mass is 10.0. The number of likely N-dealkylation sites (tertiary alicyclic amines) is 1. The van der Waals surface area contributed by atoms with Crippen LogP contribution in [0.4, 0.5) is 5.82 Å². The third-order valence-electron chi connectivity index (χ3n) is 5.71. The van der Waals surface area contributed by atoms with Gasteiger partial charge in [0, 0.05) is 37.9 Å². The van der Waals surface area contributed by atoms with Crippen molar-refractivity contribution in [2.45, 2.75) is 63.5 Å². The second-order valence-corrected chi connectivity index (χ2v) is 7.39. The Balaban J connectivity index is 1.35. The third-order valence-corrected chi connectivity index (χ3v) is 5.71. The van der Waals surface area contributed by atoms with E-state index in [0.717, 1.165) is 17.8 Å². The van der Waals surface area contributed by atoms with Crippen LogP contribution in [0.1, 0.15) is 51.4 Å². The summed E-state index contributed by atoms with van der Waals surface area (Å²) in [6, 6.07) is 3.51. The van der Waals surface area contributed by atoms with Gasteiger partial charge in [0.15, 0.2) is 0 Å². The highest BCUT2D eigenvalue weighted by Gasteiger charge is 2.36. The molecule has 0 radical (unpaired) electrons. The maximum absolute atomic E-state index is 4.52. The highest BCUT2D eigenvalue weighted by Crippen LogP contribution is 2.35. The Morgan fingerprint density at radius 1 is 1.00 bits per heavy atom. The van der Waals surface area contributed by atoms with Crippen molar-refractivity contribution in [2.75, 3.05) is 24.5 Å². The quantitative estimate of drug-likeness (QED) is 0.836. The molecule has 0 N–H and O–H groups in total. The van der Waals surface area contributed by atoms with Crippen molar-refractivity contribution < 1.29 is 0 Å². The molecule has 1 saturated heterocycles. The number of rotatable bonds is 5. The Hall–Kier alpha value is -1.16. The van der Waals surface area contributed by atoms with Gasteiger partial charge in [0.25, 0.3) is 0 Å². The molecule has 0 bridgehead atoms. The van der Waals surface area contributed by atoms with E-state index in [1.54, 1.807) is 6.33 Å². The van der Waals surface area contributed by atoms with Gasteiger partial charge in [0.05, 0.1) is 0 Å². The molecule has 22 heavy (non-hydrogen) atoms. The Kier molecular flexibility index (Phi) is 4.28. The molecule has 0 unspecified atom stereocenters. The predicted molar refractivity (Wildman–Crippen MR) is 89.0 cm³/mol. The second-order valence-electron chi connectivity index (χ2n) is 7.39. The number of piperidine rings is 1. The summed E-state index contributed by atoms with van der Waals surface area (Å²) < 4.78 is 0. The average Bonchev–Trinajstić information content (AvgIpc) is 3.26. The first kappa shape index (κ1) is 14.4. The fourth-order valence-corrected chi connectivity index (χ4v) is 4.40. The fourth-order valence-electron chi connectivity index (χ4n) is 4.40. The van der Waals surface area contributed by atoms with E-state index in [9.17, 15) is 0 Å². The van der Waals surface area contributed by atoms with Gasteiger partial charge < -0.3 is 9.80 Å². The van der Waals surface area contributed by atoms with Gasteiger partial charge in [-0.1, -0.05) is 12.8 Å². The second kappa shape index (κ2) is 6.53. The molecule has 0 atom stereocenters. The van der Waals surface area contributed by atoms with Crippen LogP contribution in [-0.2, 0) is 0 Å². The van der Waals surface area contributed by atoms with E-state index in [2.05, 4.69) is 25.8 Å². The molecule has 0 amide bonds. The van der Waals surface area contributed by atoms with E-state index >= 15 is 0 Å². The summed E-state index contributed by atoms with van der Waals surface area (Å²) in [5.74, 6) is 2.13. The monoisotopic (exact) mass is 300 g/mol. The molecule has 4 nitrogen and oxygen atoms in total. The predicted octanol–water partition coefficient (Wildman–Crippen LogP) is 3.10. The average molecular weight is 300 g/mol. The van der Waals surface area contributed by atoms with Crippen LogP contribution < -0.4 is 4.90 Å². The number of hydrogen-bond donors (Lipinski definition) is 0. The molecule has 4 rings (SSSR count). The maximum atomic E-state index is 4.52. The van der Waals surface area contributed by atoms with E-state index in [1.165, 1.54) is 71.0 Å². The Bertz CT molecular complexity index is 459. The molecular formula is C18H28N4. The molecule has 3 aliphatic rings. The molecule has 2 heterocycles. The van der Waals surface area contributed by atoms with Crippen molar-refractivity contribution in [3.05, 3.63) is 18.6 Å². The van der Waals surface area contributed by atoms with E-state index in [4.69, 9.17) is 0 Å². The summed E-state index contributed by atoms with van der Waals surface area (Å²) >= 11 is 0. The summed E-state index contributed by atoms with van der Waals surface area (Å²) in [5, 5.41) is 0. The Morgan fingerprint density at radius 3 is 2.36 bits per heavy atom. The first-order chi connectivity index (χ1) is 10.9. The molecule has 0 aromatic carbocycles. The molecule has 1 aromatic rings. The molecule has 120 valence electrons. The van der Waals surface area contributed by atoms with Crippen molar-refractivity contribution in [1.82, 2.24) is 14.9 Å². The van der Waals surface area contributed by atoms with Crippen molar-refractivity contribution in [3.63, 3.8) is 0 Å². The van der Waals surface area contributed by atoms with Gasteiger partial charge in [0.1, 0.15) is 12.1 Å². The van der Waals surface area contributed by atoms with Crippen LogP contribution >= 0.6 is 0 Å². The van der Waals surface area contributed by atoms with Crippen molar-refractivity contribution >= 4 is 5.82 Å². The summed E-state index contributed by atoms with van der Waals surface area (Å²) in [5.41, 5.74) is 0. The van der Waals surface area contributed by atoms with Gasteiger partial charge in [-0.3, -0.25) is 0 Å². The van der Waals surface area contributed by atoms with Crippen molar-refractivity contribution in [2.24, 2.45) is 5.92 Å². The van der Waals surface area contributed by atoms with Crippen LogP contribution in [0.2, 0.25) is 0 Å². The lowest BCUT2D eigenvalue weighted by Gasteiger charge is -2.40. The van der Waals surface area contributed by atoms with Gasteiger partial charge in [-0.2, -0.15) is 0 Å². The molecule has 2 saturated carbocycles. The lowest BCUT2D eigenvalue weighted by molar-refractivity contribution is 0.180. The number of aromatic nitrogens is 2. The summed E-state index contributed by atoms with van der Waals surface area (Å²) in [6.07, 6.45) is 14.7. The molecule has 2 aliphatic carbocycles. The van der Waals surface area contributed by atoms with Crippen LogP contribution in [0.15, 0.2) is 18.6 Å². The topological polar surface area (TPSA) is 32.3 Å². The van der Waals surface area contributed by atoms with Crippen LogP contribution in [0.5, 0.6) is 0 Å². The molecule has 0 spiro atoms. The molecular weight excluding hydrogens is 272 g/mol. The van der Waals surface area contributed by atoms with Gasteiger partial charge in [0.2, 0.25) is 0 Å². The van der Waals surface area contributed by atoms with Crippen LogP contribution in [-0.4, -0.2) is 46.6 Å². The van der Waals surface area contributed by atoms with E-state index in [1.807, 2.05) is 6.20 Å². The van der Waals surface area contributed by atoms with Crippen molar-refractivity contribution in [1.29, 1.82) is 0 Å². The van der Waals surface area contributed by atoms with Crippen LogP contribution in [0.3, 0.4) is 0 Å². The summed E-state index contributed by atoms with van der Waals surface area (Å²) in [4.78, 5) is 13.9. The number of hydrogen-bond acceptors (Lipinski definition) is 4. The minimum atomic E-state index is 0.683. The number of nitrogens with zero attached hydrogens (tertiary/aromatic N) is 4.